The summed E-state index contributed by atoms with van der Waals surface area (Å²) in [5, 5.41) is 1.63. The quantitative estimate of drug-likeness (QED) is 0.835. The lowest BCUT2D eigenvalue weighted by Crippen LogP contribution is -2.37. The van der Waals surface area contributed by atoms with Crippen LogP contribution in [0.4, 0.5) is 10.7 Å². The summed E-state index contributed by atoms with van der Waals surface area (Å²) in [5.74, 6) is 0.605. The summed E-state index contributed by atoms with van der Waals surface area (Å²) in [7, 11) is 0. The third-order valence-electron chi connectivity index (χ3n) is 3.16. The van der Waals surface area contributed by atoms with E-state index in [-0.39, 0.29) is 0 Å². The van der Waals surface area contributed by atoms with E-state index in [0.29, 0.717) is 25.0 Å². The number of nitrogens with zero attached hydrogens (tertiary/aromatic N) is 3. The summed E-state index contributed by atoms with van der Waals surface area (Å²) in [6.45, 7) is 6.71. The predicted molar refractivity (Wildman–Crippen MR) is 77.3 cm³/mol. The lowest BCUT2D eigenvalue weighted by molar-refractivity contribution is -0.152. The number of carbonyl (C=O) groups is 1. The molecule has 0 unspecified atom stereocenters. The van der Waals surface area contributed by atoms with Crippen molar-refractivity contribution in [1.29, 1.82) is 0 Å². The number of piperidine rings is 1. The Morgan fingerprint density at radius 3 is 2.62 bits per heavy atom. The van der Waals surface area contributed by atoms with Gasteiger partial charge in [0.25, 0.3) is 0 Å². The SMILES string of the molecule is CC(C)(C)OC(=O)ON1CCC(c2ccnc(N)n2)CC1. The molecule has 7 nitrogen and oxygen atoms in total. The van der Waals surface area contributed by atoms with E-state index >= 15 is 0 Å². The van der Waals surface area contributed by atoms with Gasteiger partial charge in [-0.05, 0) is 39.7 Å². The minimum absolute atomic E-state index is 0.292. The van der Waals surface area contributed by atoms with E-state index in [4.69, 9.17) is 15.3 Å². The molecule has 2 rings (SSSR count). The van der Waals surface area contributed by atoms with Gasteiger partial charge in [-0.25, -0.2) is 14.8 Å². The average molecular weight is 294 g/mol. The first-order valence-corrected chi connectivity index (χ1v) is 7.08. The summed E-state index contributed by atoms with van der Waals surface area (Å²) < 4.78 is 5.13. The van der Waals surface area contributed by atoms with E-state index in [9.17, 15) is 4.79 Å². The monoisotopic (exact) mass is 294 g/mol. The van der Waals surface area contributed by atoms with Crippen LogP contribution < -0.4 is 5.73 Å². The minimum Gasteiger partial charge on any atom is -0.427 e. The van der Waals surface area contributed by atoms with Crippen LogP contribution in [0.15, 0.2) is 12.3 Å². The molecule has 7 heteroatoms. The van der Waals surface area contributed by atoms with Crippen LogP contribution in [0.25, 0.3) is 0 Å². The molecule has 0 bridgehead atoms. The van der Waals surface area contributed by atoms with Gasteiger partial charge in [-0.2, -0.15) is 0 Å². The Morgan fingerprint density at radius 1 is 1.38 bits per heavy atom. The zero-order valence-electron chi connectivity index (χ0n) is 12.7. The molecule has 2 N–H and O–H groups in total. The number of hydrogen-bond donors (Lipinski definition) is 1. The highest BCUT2D eigenvalue weighted by atomic mass is 16.8. The third-order valence-corrected chi connectivity index (χ3v) is 3.16. The maximum Gasteiger partial charge on any atom is 0.528 e. The minimum atomic E-state index is -0.660. The Balaban J connectivity index is 1.82. The molecule has 2 heterocycles. The molecular formula is C14H22N4O3. The molecular weight excluding hydrogens is 272 g/mol. The van der Waals surface area contributed by atoms with Gasteiger partial charge in [-0.15, -0.1) is 5.06 Å². The summed E-state index contributed by atoms with van der Waals surface area (Å²) in [6, 6.07) is 1.88. The first-order chi connectivity index (χ1) is 9.83. The van der Waals surface area contributed by atoms with Crippen LogP contribution in [0.3, 0.4) is 0 Å². The zero-order chi connectivity index (χ0) is 15.5. The van der Waals surface area contributed by atoms with Crippen molar-refractivity contribution >= 4 is 12.1 Å². The summed E-state index contributed by atoms with van der Waals surface area (Å²) in [4.78, 5) is 24.9. The molecule has 1 aliphatic heterocycles. The molecule has 0 radical (unpaired) electrons. The molecule has 116 valence electrons. The Bertz CT molecular complexity index is 493. The van der Waals surface area contributed by atoms with Gasteiger partial charge in [0.05, 0.1) is 0 Å². The van der Waals surface area contributed by atoms with Crippen LogP contribution in [-0.2, 0) is 9.57 Å². The highest BCUT2D eigenvalue weighted by Gasteiger charge is 2.26. The Morgan fingerprint density at radius 2 is 2.05 bits per heavy atom. The highest BCUT2D eigenvalue weighted by Crippen LogP contribution is 2.27. The molecule has 1 aromatic heterocycles. The standard InChI is InChI=1S/C14H22N4O3/c1-14(2,3)20-13(19)21-18-8-5-10(6-9-18)11-4-7-16-12(15)17-11/h4,7,10H,5-6,8-9H2,1-3H3,(H2,15,16,17). The fourth-order valence-corrected chi connectivity index (χ4v) is 2.23. The Kier molecular flexibility index (Phi) is 4.62. The van der Waals surface area contributed by atoms with Crippen LogP contribution in [0.5, 0.6) is 0 Å². The topological polar surface area (TPSA) is 90.6 Å². The number of nitrogens with two attached hydrogens (primary N) is 1. The molecule has 0 aliphatic carbocycles. The molecule has 1 fully saturated rings. The van der Waals surface area contributed by atoms with Gasteiger partial charge >= 0.3 is 6.16 Å². The van der Waals surface area contributed by atoms with Crippen molar-refractivity contribution in [3.05, 3.63) is 18.0 Å². The maximum absolute atomic E-state index is 11.6. The summed E-state index contributed by atoms with van der Waals surface area (Å²) >= 11 is 0. The number of ether oxygens (including phenoxy) is 1. The number of anilines is 1. The zero-order valence-corrected chi connectivity index (χ0v) is 12.7. The van der Waals surface area contributed by atoms with E-state index in [0.717, 1.165) is 18.5 Å². The van der Waals surface area contributed by atoms with Gasteiger partial charge in [-0.3, -0.25) is 0 Å². The molecule has 0 saturated carbocycles. The van der Waals surface area contributed by atoms with Crippen molar-refractivity contribution in [2.24, 2.45) is 0 Å². The number of rotatable bonds is 2. The highest BCUT2D eigenvalue weighted by molar-refractivity contribution is 5.60. The second-order valence-electron chi connectivity index (χ2n) is 6.10. The van der Waals surface area contributed by atoms with E-state index < -0.39 is 11.8 Å². The van der Waals surface area contributed by atoms with Crippen molar-refractivity contribution in [2.45, 2.75) is 45.1 Å². The number of carbonyl (C=O) groups excluding carboxylic acids is 1. The second-order valence-corrected chi connectivity index (χ2v) is 6.10. The maximum atomic E-state index is 11.6. The smallest absolute Gasteiger partial charge is 0.427 e. The fraction of sp³-hybridized carbons (Fsp3) is 0.643. The first-order valence-electron chi connectivity index (χ1n) is 7.08. The summed E-state index contributed by atoms with van der Waals surface area (Å²) in [5.41, 5.74) is 5.99. The van der Waals surface area contributed by atoms with Crippen LogP contribution in [0, 0.1) is 0 Å². The van der Waals surface area contributed by atoms with E-state index in [2.05, 4.69) is 9.97 Å². The van der Waals surface area contributed by atoms with Crippen LogP contribution in [0.1, 0.15) is 45.2 Å². The predicted octanol–water partition coefficient (Wildman–Crippen LogP) is 2.10. The van der Waals surface area contributed by atoms with Crippen LogP contribution in [-0.4, -0.2) is 39.9 Å². The van der Waals surface area contributed by atoms with Gasteiger partial charge in [0.2, 0.25) is 5.95 Å². The Labute approximate surface area is 124 Å². The second kappa shape index (κ2) is 6.26. The van der Waals surface area contributed by atoms with E-state index in [1.807, 2.05) is 6.07 Å². The van der Waals surface area contributed by atoms with Gasteiger partial charge in [0.1, 0.15) is 5.60 Å². The number of hydroxylamine groups is 2. The van der Waals surface area contributed by atoms with Gasteiger partial charge in [0.15, 0.2) is 0 Å². The largest absolute Gasteiger partial charge is 0.528 e. The normalized spacial score (nSPS) is 17.5. The van der Waals surface area contributed by atoms with Crippen molar-refractivity contribution < 1.29 is 14.4 Å². The lowest BCUT2D eigenvalue weighted by Gasteiger charge is -2.30. The van der Waals surface area contributed by atoms with Crippen molar-refractivity contribution in [3.8, 4) is 0 Å². The molecule has 0 aromatic carbocycles. The number of nitrogen functional groups attached to an aromatic ring is 1. The average Bonchev–Trinajstić information content (AvgIpc) is 2.37. The van der Waals surface area contributed by atoms with Crippen molar-refractivity contribution in [2.75, 3.05) is 18.8 Å². The van der Waals surface area contributed by atoms with Gasteiger partial charge in [0, 0.05) is 30.9 Å². The molecule has 0 atom stereocenters. The fourth-order valence-electron chi connectivity index (χ4n) is 2.23. The Hall–Kier alpha value is -1.89. The van der Waals surface area contributed by atoms with Crippen molar-refractivity contribution in [1.82, 2.24) is 15.0 Å². The number of aromatic nitrogens is 2. The molecule has 0 amide bonds. The molecule has 1 aliphatic rings. The summed E-state index contributed by atoms with van der Waals surface area (Å²) in [6.07, 6.45) is 2.70. The van der Waals surface area contributed by atoms with E-state index in [1.54, 1.807) is 32.0 Å². The number of hydrogen-bond acceptors (Lipinski definition) is 7. The van der Waals surface area contributed by atoms with Gasteiger partial charge < -0.3 is 15.3 Å². The molecule has 1 saturated heterocycles. The van der Waals surface area contributed by atoms with Crippen LogP contribution in [0.2, 0.25) is 0 Å². The molecule has 0 spiro atoms. The molecule has 21 heavy (non-hydrogen) atoms. The van der Waals surface area contributed by atoms with Gasteiger partial charge in [-0.1, -0.05) is 0 Å². The first kappa shape index (κ1) is 15.5. The molecule has 1 aromatic rings. The lowest BCUT2D eigenvalue weighted by atomic mass is 9.94. The van der Waals surface area contributed by atoms with E-state index in [1.165, 1.54) is 0 Å². The van der Waals surface area contributed by atoms with Crippen LogP contribution >= 0.6 is 0 Å². The van der Waals surface area contributed by atoms with Crippen molar-refractivity contribution in [3.63, 3.8) is 0 Å². The third kappa shape index (κ3) is 4.86.